The maximum absolute atomic E-state index is 11.7. The van der Waals surface area contributed by atoms with Crippen LogP contribution in [0.3, 0.4) is 0 Å². The predicted molar refractivity (Wildman–Crippen MR) is 73.7 cm³/mol. The number of halogens is 1. The summed E-state index contributed by atoms with van der Waals surface area (Å²) in [6.07, 6.45) is 0. The van der Waals surface area contributed by atoms with Gasteiger partial charge in [-0.1, -0.05) is 18.2 Å². The van der Waals surface area contributed by atoms with Crippen LogP contribution in [0.4, 0.5) is 0 Å². The van der Waals surface area contributed by atoms with Crippen LogP contribution in [0.2, 0.25) is 0 Å². The van der Waals surface area contributed by atoms with Gasteiger partial charge in [-0.05, 0) is 53.3 Å². The molecular formula is C13H12INO. The maximum atomic E-state index is 11.7. The molecule has 0 N–H and O–H groups in total. The molecule has 0 aliphatic carbocycles. The Hall–Kier alpha value is -1.10. The largest absolute Gasteiger partial charge is 0.309 e. The van der Waals surface area contributed by atoms with E-state index in [1.807, 2.05) is 13.0 Å². The van der Waals surface area contributed by atoms with Gasteiger partial charge in [0.1, 0.15) is 0 Å². The number of aryl methyl sites for hydroxylation is 1. The van der Waals surface area contributed by atoms with Crippen molar-refractivity contribution in [2.45, 2.75) is 13.5 Å². The van der Waals surface area contributed by atoms with E-state index in [4.69, 9.17) is 0 Å². The quantitative estimate of drug-likeness (QED) is 0.779. The van der Waals surface area contributed by atoms with Gasteiger partial charge in [-0.25, -0.2) is 0 Å². The average Bonchev–Trinajstić information content (AvgIpc) is 2.26. The van der Waals surface area contributed by atoms with Crippen LogP contribution < -0.4 is 5.56 Å². The summed E-state index contributed by atoms with van der Waals surface area (Å²) in [5, 5.41) is 0. The molecule has 16 heavy (non-hydrogen) atoms. The molecule has 0 amide bonds. The van der Waals surface area contributed by atoms with E-state index in [9.17, 15) is 4.79 Å². The molecule has 0 saturated carbocycles. The van der Waals surface area contributed by atoms with Gasteiger partial charge in [-0.3, -0.25) is 4.79 Å². The number of nitrogens with zero attached hydrogens (tertiary/aromatic N) is 1. The first-order chi connectivity index (χ1) is 7.66. The fourth-order valence-electron chi connectivity index (χ4n) is 1.60. The fraction of sp³-hybridized carbons (Fsp3) is 0.154. The van der Waals surface area contributed by atoms with Gasteiger partial charge in [0.05, 0.1) is 6.54 Å². The molecule has 0 unspecified atom stereocenters. The van der Waals surface area contributed by atoms with Crippen LogP contribution in [0.1, 0.15) is 11.3 Å². The summed E-state index contributed by atoms with van der Waals surface area (Å²) in [6, 6.07) is 13.6. The van der Waals surface area contributed by atoms with E-state index < -0.39 is 0 Å². The SMILES string of the molecule is Cc1cccc(=O)n1Cc1ccc(I)cc1. The lowest BCUT2D eigenvalue weighted by Gasteiger charge is -2.09. The van der Waals surface area contributed by atoms with Crippen LogP contribution in [0.15, 0.2) is 47.3 Å². The number of rotatable bonds is 2. The van der Waals surface area contributed by atoms with E-state index in [-0.39, 0.29) is 5.56 Å². The number of hydrogen-bond acceptors (Lipinski definition) is 1. The summed E-state index contributed by atoms with van der Waals surface area (Å²) in [5.74, 6) is 0. The van der Waals surface area contributed by atoms with Gasteiger partial charge in [0, 0.05) is 15.3 Å². The molecule has 0 spiro atoms. The Labute approximate surface area is 108 Å². The number of pyridine rings is 1. The van der Waals surface area contributed by atoms with E-state index in [1.54, 1.807) is 16.7 Å². The first-order valence-electron chi connectivity index (χ1n) is 5.08. The van der Waals surface area contributed by atoms with Crippen molar-refractivity contribution >= 4 is 22.6 Å². The molecule has 2 aromatic rings. The van der Waals surface area contributed by atoms with Crippen molar-refractivity contribution in [2.24, 2.45) is 0 Å². The molecule has 0 bridgehead atoms. The fourth-order valence-corrected chi connectivity index (χ4v) is 1.96. The first kappa shape index (κ1) is 11.4. The summed E-state index contributed by atoms with van der Waals surface area (Å²) >= 11 is 2.27. The van der Waals surface area contributed by atoms with E-state index in [0.29, 0.717) is 6.54 Å². The summed E-state index contributed by atoms with van der Waals surface area (Å²) < 4.78 is 2.99. The highest BCUT2D eigenvalue weighted by Crippen LogP contribution is 2.08. The predicted octanol–water partition coefficient (Wildman–Crippen LogP) is 2.81. The standard InChI is InChI=1S/C13H12INO/c1-10-3-2-4-13(16)15(10)9-11-5-7-12(14)8-6-11/h2-8H,9H2,1H3. The van der Waals surface area contributed by atoms with E-state index in [2.05, 4.69) is 46.9 Å². The Morgan fingerprint density at radius 2 is 1.81 bits per heavy atom. The molecule has 1 aromatic carbocycles. The number of hydrogen-bond donors (Lipinski definition) is 0. The molecule has 2 rings (SSSR count). The van der Waals surface area contributed by atoms with Crippen LogP contribution in [0.25, 0.3) is 0 Å². The minimum Gasteiger partial charge on any atom is -0.309 e. The van der Waals surface area contributed by atoms with Crippen molar-refractivity contribution in [1.29, 1.82) is 0 Å². The van der Waals surface area contributed by atoms with Crippen LogP contribution >= 0.6 is 22.6 Å². The smallest absolute Gasteiger partial charge is 0.251 e. The topological polar surface area (TPSA) is 22.0 Å². The highest BCUT2D eigenvalue weighted by atomic mass is 127. The summed E-state index contributed by atoms with van der Waals surface area (Å²) in [5.41, 5.74) is 2.20. The third kappa shape index (κ3) is 2.52. The Balaban J connectivity index is 2.34. The number of aromatic nitrogens is 1. The van der Waals surface area contributed by atoms with Gasteiger partial charge in [0.15, 0.2) is 0 Å². The molecule has 0 radical (unpaired) electrons. The Morgan fingerprint density at radius 3 is 2.44 bits per heavy atom. The van der Waals surface area contributed by atoms with E-state index >= 15 is 0 Å². The zero-order valence-corrected chi connectivity index (χ0v) is 11.1. The highest BCUT2D eigenvalue weighted by molar-refractivity contribution is 14.1. The average molecular weight is 325 g/mol. The summed E-state index contributed by atoms with van der Waals surface area (Å²) in [7, 11) is 0. The molecule has 0 saturated heterocycles. The third-order valence-electron chi connectivity index (χ3n) is 2.52. The lowest BCUT2D eigenvalue weighted by atomic mass is 10.2. The summed E-state index contributed by atoms with van der Waals surface area (Å²) in [6.45, 7) is 2.59. The third-order valence-corrected chi connectivity index (χ3v) is 3.24. The lowest BCUT2D eigenvalue weighted by molar-refractivity contribution is 0.730. The second kappa shape index (κ2) is 4.82. The molecule has 2 nitrogen and oxygen atoms in total. The highest BCUT2D eigenvalue weighted by Gasteiger charge is 2.00. The second-order valence-electron chi connectivity index (χ2n) is 3.72. The normalized spacial score (nSPS) is 10.4. The van der Waals surface area contributed by atoms with Crippen molar-refractivity contribution in [2.75, 3.05) is 0 Å². The minimum absolute atomic E-state index is 0.0542. The zero-order chi connectivity index (χ0) is 11.5. The van der Waals surface area contributed by atoms with Gasteiger partial charge in [-0.15, -0.1) is 0 Å². The molecule has 0 aliphatic rings. The molecule has 1 aromatic heterocycles. The van der Waals surface area contributed by atoms with Gasteiger partial charge in [0.25, 0.3) is 5.56 Å². The minimum atomic E-state index is 0.0542. The molecule has 82 valence electrons. The molecule has 1 heterocycles. The van der Waals surface area contributed by atoms with Crippen LogP contribution in [-0.4, -0.2) is 4.57 Å². The van der Waals surface area contributed by atoms with Crippen molar-refractivity contribution in [3.8, 4) is 0 Å². The number of benzene rings is 1. The van der Waals surface area contributed by atoms with Crippen molar-refractivity contribution in [3.05, 3.63) is 67.6 Å². The maximum Gasteiger partial charge on any atom is 0.251 e. The van der Waals surface area contributed by atoms with Crippen molar-refractivity contribution < 1.29 is 0 Å². The zero-order valence-electron chi connectivity index (χ0n) is 8.98. The van der Waals surface area contributed by atoms with E-state index in [0.717, 1.165) is 11.3 Å². The van der Waals surface area contributed by atoms with Crippen molar-refractivity contribution in [3.63, 3.8) is 0 Å². The van der Waals surface area contributed by atoms with Gasteiger partial charge >= 0.3 is 0 Å². The van der Waals surface area contributed by atoms with Crippen LogP contribution in [0.5, 0.6) is 0 Å². The van der Waals surface area contributed by atoms with Gasteiger partial charge in [0.2, 0.25) is 0 Å². The monoisotopic (exact) mass is 325 g/mol. The summed E-state index contributed by atoms with van der Waals surface area (Å²) in [4.78, 5) is 11.7. The molecule has 3 heteroatoms. The molecular weight excluding hydrogens is 313 g/mol. The van der Waals surface area contributed by atoms with Gasteiger partial charge < -0.3 is 4.57 Å². The van der Waals surface area contributed by atoms with E-state index in [1.165, 1.54) is 3.57 Å². The Bertz CT molecular complexity index is 543. The second-order valence-corrected chi connectivity index (χ2v) is 4.96. The lowest BCUT2D eigenvalue weighted by Crippen LogP contribution is -2.21. The molecule has 0 atom stereocenters. The van der Waals surface area contributed by atoms with Gasteiger partial charge in [-0.2, -0.15) is 0 Å². The Kier molecular flexibility index (Phi) is 3.43. The van der Waals surface area contributed by atoms with Crippen LogP contribution in [-0.2, 0) is 6.54 Å². The Morgan fingerprint density at radius 1 is 1.12 bits per heavy atom. The van der Waals surface area contributed by atoms with Crippen LogP contribution in [0, 0.1) is 10.5 Å². The van der Waals surface area contributed by atoms with Crippen molar-refractivity contribution in [1.82, 2.24) is 4.57 Å². The first-order valence-corrected chi connectivity index (χ1v) is 6.15. The molecule has 0 fully saturated rings. The molecule has 0 aliphatic heterocycles.